The van der Waals surface area contributed by atoms with E-state index in [1.54, 1.807) is 0 Å². The average Bonchev–Trinajstić information content (AvgIpc) is 2.28. The van der Waals surface area contributed by atoms with Gasteiger partial charge in [-0.2, -0.15) is 4.31 Å². The van der Waals surface area contributed by atoms with Gasteiger partial charge >= 0.3 is 0 Å². The van der Waals surface area contributed by atoms with Gasteiger partial charge in [-0.05, 0) is 31.9 Å². The van der Waals surface area contributed by atoms with Crippen LogP contribution < -0.4 is 5.32 Å². The van der Waals surface area contributed by atoms with Crippen LogP contribution >= 0.6 is 0 Å². The average molecular weight is 298 g/mol. The van der Waals surface area contributed by atoms with Crippen molar-refractivity contribution >= 4 is 15.9 Å². The summed E-state index contributed by atoms with van der Waals surface area (Å²) in [5.74, 6) is -0.293. The number of carbonyl (C=O) groups is 1. The summed E-state index contributed by atoms with van der Waals surface area (Å²) < 4.78 is 24.8. The molecule has 0 aromatic heterocycles. The van der Waals surface area contributed by atoms with Crippen LogP contribution in [0.2, 0.25) is 0 Å². The predicted molar refractivity (Wildman–Crippen MR) is 79.7 cm³/mol. The van der Waals surface area contributed by atoms with Gasteiger partial charge in [0.25, 0.3) is 0 Å². The fourth-order valence-electron chi connectivity index (χ4n) is 1.80. The minimum atomic E-state index is -3.44. The van der Waals surface area contributed by atoms with Crippen LogP contribution in [0.4, 0.5) is 0 Å². The molecule has 0 spiro atoms. The van der Waals surface area contributed by atoms with Crippen LogP contribution in [0.15, 0.2) is 24.3 Å². The lowest BCUT2D eigenvalue weighted by Gasteiger charge is -2.21. The van der Waals surface area contributed by atoms with Crippen molar-refractivity contribution in [2.24, 2.45) is 0 Å². The second-order valence-corrected chi connectivity index (χ2v) is 7.16. The molecule has 0 heterocycles. The number of rotatable bonds is 6. The van der Waals surface area contributed by atoms with E-state index in [0.717, 1.165) is 17.4 Å². The lowest BCUT2D eigenvalue weighted by molar-refractivity contribution is -0.121. The van der Waals surface area contributed by atoms with Crippen molar-refractivity contribution in [1.82, 2.24) is 9.62 Å². The molecule has 112 valence electrons. The summed E-state index contributed by atoms with van der Waals surface area (Å²) in [4.78, 5) is 11.8. The highest BCUT2D eigenvalue weighted by atomic mass is 32.2. The molecule has 0 aliphatic carbocycles. The Morgan fingerprint density at radius 2 is 1.90 bits per heavy atom. The smallest absolute Gasteiger partial charge is 0.235 e. The SMILES string of the molecule is Cc1ccccc1CN(CC(=O)NC(C)C)S(C)(=O)=O. The van der Waals surface area contributed by atoms with Crippen LogP contribution in [0.5, 0.6) is 0 Å². The summed E-state index contributed by atoms with van der Waals surface area (Å²) >= 11 is 0. The van der Waals surface area contributed by atoms with E-state index in [1.165, 1.54) is 4.31 Å². The molecule has 0 unspecified atom stereocenters. The minimum Gasteiger partial charge on any atom is -0.353 e. The van der Waals surface area contributed by atoms with E-state index in [1.807, 2.05) is 45.0 Å². The normalized spacial score (nSPS) is 11.9. The highest BCUT2D eigenvalue weighted by Gasteiger charge is 2.21. The van der Waals surface area contributed by atoms with Crippen LogP contribution in [-0.4, -0.2) is 37.5 Å². The predicted octanol–water partition coefficient (Wildman–Crippen LogP) is 1.28. The van der Waals surface area contributed by atoms with Crippen molar-refractivity contribution in [1.29, 1.82) is 0 Å². The molecule has 1 rings (SSSR count). The monoisotopic (exact) mass is 298 g/mol. The van der Waals surface area contributed by atoms with E-state index in [0.29, 0.717) is 0 Å². The summed E-state index contributed by atoms with van der Waals surface area (Å²) in [7, 11) is -3.44. The van der Waals surface area contributed by atoms with E-state index >= 15 is 0 Å². The van der Waals surface area contributed by atoms with Gasteiger partial charge in [-0.25, -0.2) is 8.42 Å². The maximum absolute atomic E-state index is 11.8. The van der Waals surface area contributed by atoms with E-state index in [9.17, 15) is 13.2 Å². The maximum Gasteiger partial charge on any atom is 0.235 e. The van der Waals surface area contributed by atoms with Crippen LogP contribution in [0, 0.1) is 6.92 Å². The Morgan fingerprint density at radius 1 is 1.30 bits per heavy atom. The molecule has 1 amide bonds. The first-order valence-electron chi connectivity index (χ1n) is 6.49. The largest absolute Gasteiger partial charge is 0.353 e. The molecule has 0 aliphatic rings. The third kappa shape index (κ3) is 5.30. The van der Waals surface area contributed by atoms with E-state index < -0.39 is 10.0 Å². The molecule has 0 saturated heterocycles. The molecule has 6 heteroatoms. The van der Waals surface area contributed by atoms with E-state index in [2.05, 4.69) is 5.32 Å². The van der Waals surface area contributed by atoms with Gasteiger partial charge in [-0.3, -0.25) is 4.79 Å². The molecule has 0 atom stereocenters. The molecule has 0 radical (unpaired) electrons. The summed E-state index contributed by atoms with van der Waals surface area (Å²) in [6, 6.07) is 7.53. The number of sulfonamides is 1. The molecule has 1 N–H and O–H groups in total. The Bertz CT molecular complexity index is 568. The second kappa shape index (κ2) is 6.85. The standard InChI is InChI=1S/C14H22N2O3S/c1-11(2)15-14(17)10-16(20(4,18)19)9-13-8-6-5-7-12(13)3/h5-8,11H,9-10H2,1-4H3,(H,15,17). The number of carbonyl (C=O) groups excluding carboxylic acids is 1. The van der Waals surface area contributed by atoms with Crippen molar-refractivity contribution in [2.45, 2.75) is 33.4 Å². The van der Waals surface area contributed by atoms with E-state index in [-0.39, 0.29) is 25.0 Å². The van der Waals surface area contributed by atoms with E-state index in [4.69, 9.17) is 0 Å². The Morgan fingerprint density at radius 3 is 2.40 bits per heavy atom. The maximum atomic E-state index is 11.8. The Kier molecular flexibility index (Phi) is 5.71. The molecule has 0 bridgehead atoms. The fourth-order valence-corrected chi connectivity index (χ4v) is 2.52. The molecule has 5 nitrogen and oxygen atoms in total. The van der Waals surface area contributed by atoms with Crippen molar-refractivity contribution in [3.8, 4) is 0 Å². The molecule has 1 aromatic carbocycles. The second-order valence-electron chi connectivity index (χ2n) is 5.18. The Balaban J connectivity index is 2.87. The lowest BCUT2D eigenvalue weighted by Crippen LogP contribution is -2.42. The van der Waals surface area contributed by atoms with Gasteiger partial charge in [-0.15, -0.1) is 0 Å². The zero-order chi connectivity index (χ0) is 15.3. The first-order valence-corrected chi connectivity index (χ1v) is 8.34. The zero-order valence-corrected chi connectivity index (χ0v) is 13.2. The first kappa shape index (κ1) is 16.7. The number of aryl methyl sites for hydroxylation is 1. The molecule has 0 aliphatic heterocycles. The molecule has 0 fully saturated rings. The Labute approximate surface area is 121 Å². The molecule has 0 saturated carbocycles. The topological polar surface area (TPSA) is 66.5 Å². The lowest BCUT2D eigenvalue weighted by atomic mass is 10.1. The minimum absolute atomic E-state index is 0.0117. The van der Waals surface area contributed by atoms with Crippen molar-refractivity contribution in [3.05, 3.63) is 35.4 Å². The van der Waals surface area contributed by atoms with Crippen molar-refractivity contribution in [3.63, 3.8) is 0 Å². The quantitative estimate of drug-likeness (QED) is 0.860. The fraction of sp³-hybridized carbons (Fsp3) is 0.500. The third-order valence-corrected chi connectivity index (χ3v) is 4.04. The molecule has 1 aromatic rings. The van der Waals surface area contributed by atoms with Gasteiger partial charge in [0.2, 0.25) is 15.9 Å². The number of nitrogens with zero attached hydrogens (tertiary/aromatic N) is 1. The van der Waals surface area contributed by atoms with Gasteiger partial charge in [-0.1, -0.05) is 24.3 Å². The number of hydrogen-bond acceptors (Lipinski definition) is 3. The van der Waals surface area contributed by atoms with Gasteiger partial charge in [0, 0.05) is 12.6 Å². The van der Waals surface area contributed by atoms with Crippen LogP contribution in [0.25, 0.3) is 0 Å². The van der Waals surface area contributed by atoms with Gasteiger partial charge in [0.1, 0.15) is 0 Å². The number of amides is 1. The Hall–Kier alpha value is -1.40. The van der Waals surface area contributed by atoms with Crippen molar-refractivity contribution in [2.75, 3.05) is 12.8 Å². The van der Waals surface area contributed by atoms with Gasteiger partial charge < -0.3 is 5.32 Å². The number of nitrogens with one attached hydrogen (secondary N) is 1. The number of hydrogen-bond donors (Lipinski definition) is 1. The number of benzene rings is 1. The van der Waals surface area contributed by atoms with Gasteiger partial charge in [0.05, 0.1) is 12.8 Å². The summed E-state index contributed by atoms with van der Waals surface area (Å²) in [5.41, 5.74) is 1.90. The summed E-state index contributed by atoms with van der Waals surface area (Å²) in [6.07, 6.45) is 1.12. The highest BCUT2D eigenvalue weighted by Crippen LogP contribution is 2.12. The summed E-state index contributed by atoms with van der Waals surface area (Å²) in [5, 5.41) is 2.70. The third-order valence-electron chi connectivity index (χ3n) is 2.85. The van der Waals surface area contributed by atoms with Crippen LogP contribution in [0.1, 0.15) is 25.0 Å². The van der Waals surface area contributed by atoms with Gasteiger partial charge in [0.15, 0.2) is 0 Å². The molecular formula is C14H22N2O3S. The highest BCUT2D eigenvalue weighted by molar-refractivity contribution is 7.88. The van der Waals surface area contributed by atoms with Crippen molar-refractivity contribution < 1.29 is 13.2 Å². The first-order chi connectivity index (χ1) is 9.20. The molecule has 20 heavy (non-hydrogen) atoms. The van der Waals surface area contributed by atoms with Crippen LogP contribution in [0.3, 0.4) is 0 Å². The van der Waals surface area contributed by atoms with Crippen LogP contribution in [-0.2, 0) is 21.4 Å². The zero-order valence-electron chi connectivity index (χ0n) is 12.4. The molecular weight excluding hydrogens is 276 g/mol. The summed E-state index contributed by atoms with van der Waals surface area (Å²) in [6.45, 7) is 5.64.